The molecule has 2 N–H and O–H groups in total. The van der Waals surface area contributed by atoms with Gasteiger partial charge in [-0.05, 0) is 24.8 Å². The average molecular weight is 198 g/mol. The van der Waals surface area contributed by atoms with E-state index in [9.17, 15) is 0 Å². The van der Waals surface area contributed by atoms with E-state index in [0.29, 0.717) is 6.04 Å². The number of piperidine rings is 1. The number of likely N-dealkylation sites (tertiary alicyclic amines) is 1. The van der Waals surface area contributed by atoms with Gasteiger partial charge in [0.15, 0.2) is 0 Å². The van der Waals surface area contributed by atoms with Crippen LogP contribution in [0, 0.1) is 11.8 Å². The molecule has 0 bridgehead atoms. The monoisotopic (exact) mass is 198 g/mol. The molecule has 1 rings (SSSR count). The summed E-state index contributed by atoms with van der Waals surface area (Å²) < 4.78 is 0. The Kier molecular flexibility index (Phi) is 4.90. The van der Waals surface area contributed by atoms with Crippen LogP contribution in [0.5, 0.6) is 0 Å². The predicted molar refractivity (Wildman–Crippen MR) is 62.3 cm³/mol. The molecule has 0 amide bonds. The van der Waals surface area contributed by atoms with Crippen LogP contribution in [0.1, 0.15) is 40.0 Å². The highest BCUT2D eigenvalue weighted by atomic mass is 15.1. The Morgan fingerprint density at radius 1 is 1.43 bits per heavy atom. The van der Waals surface area contributed by atoms with E-state index in [1.165, 1.54) is 38.9 Å². The Hall–Kier alpha value is -0.0800. The van der Waals surface area contributed by atoms with Gasteiger partial charge in [-0.15, -0.1) is 0 Å². The molecule has 0 aromatic rings. The minimum absolute atomic E-state index is 0.452. The van der Waals surface area contributed by atoms with Crippen molar-refractivity contribution in [3.8, 4) is 0 Å². The van der Waals surface area contributed by atoms with Gasteiger partial charge in [-0.25, -0.2) is 0 Å². The minimum atomic E-state index is 0.452. The van der Waals surface area contributed by atoms with Crippen molar-refractivity contribution < 1.29 is 0 Å². The first kappa shape index (κ1) is 12.0. The van der Waals surface area contributed by atoms with E-state index in [1.54, 1.807) is 0 Å². The number of nitrogens with two attached hydrogens (primary N) is 1. The Morgan fingerprint density at radius 2 is 2.14 bits per heavy atom. The zero-order valence-corrected chi connectivity index (χ0v) is 10.00. The molecule has 0 aromatic heterocycles. The maximum atomic E-state index is 6.09. The quantitative estimate of drug-likeness (QED) is 0.749. The van der Waals surface area contributed by atoms with Crippen LogP contribution >= 0.6 is 0 Å². The molecule has 3 atom stereocenters. The van der Waals surface area contributed by atoms with Crippen LogP contribution in [0.4, 0.5) is 0 Å². The molecule has 14 heavy (non-hydrogen) atoms. The third-order valence-electron chi connectivity index (χ3n) is 3.67. The molecule has 2 heteroatoms. The van der Waals surface area contributed by atoms with Gasteiger partial charge < -0.3 is 10.6 Å². The molecule has 0 spiro atoms. The summed E-state index contributed by atoms with van der Waals surface area (Å²) in [6, 6.07) is 0.452. The summed E-state index contributed by atoms with van der Waals surface area (Å²) >= 11 is 0. The Morgan fingerprint density at radius 3 is 2.71 bits per heavy atom. The predicted octanol–water partition coefficient (Wildman–Crippen LogP) is 2.09. The maximum absolute atomic E-state index is 6.09. The van der Waals surface area contributed by atoms with Crippen LogP contribution in [0.2, 0.25) is 0 Å². The summed E-state index contributed by atoms with van der Waals surface area (Å²) in [5, 5.41) is 0. The molecule has 1 fully saturated rings. The second-order valence-corrected chi connectivity index (χ2v) is 4.89. The van der Waals surface area contributed by atoms with Gasteiger partial charge >= 0.3 is 0 Å². The Labute approximate surface area is 88.8 Å². The molecule has 1 saturated heterocycles. The summed E-state index contributed by atoms with van der Waals surface area (Å²) in [6.45, 7) is 10.6. The summed E-state index contributed by atoms with van der Waals surface area (Å²) in [6.07, 6.45) is 3.71. The Bertz CT molecular complexity index is 158. The number of rotatable bonds is 4. The second kappa shape index (κ2) is 5.72. The van der Waals surface area contributed by atoms with E-state index in [2.05, 4.69) is 25.7 Å². The van der Waals surface area contributed by atoms with Crippen LogP contribution in [0.3, 0.4) is 0 Å². The van der Waals surface area contributed by atoms with Crippen molar-refractivity contribution in [3.05, 3.63) is 0 Å². The zero-order valence-electron chi connectivity index (χ0n) is 10.00. The lowest BCUT2D eigenvalue weighted by Crippen LogP contribution is -2.47. The molecule has 2 nitrogen and oxygen atoms in total. The van der Waals surface area contributed by atoms with Crippen molar-refractivity contribution in [1.29, 1.82) is 0 Å². The summed E-state index contributed by atoms with van der Waals surface area (Å²) in [5.41, 5.74) is 6.09. The second-order valence-electron chi connectivity index (χ2n) is 4.89. The molecule has 0 saturated carbocycles. The maximum Gasteiger partial charge on any atom is 0.00914 e. The highest BCUT2D eigenvalue weighted by Gasteiger charge is 2.25. The molecular weight excluding hydrogens is 172 g/mol. The van der Waals surface area contributed by atoms with Gasteiger partial charge in [0.05, 0.1) is 0 Å². The fourth-order valence-electron chi connectivity index (χ4n) is 2.29. The van der Waals surface area contributed by atoms with Gasteiger partial charge in [-0.3, -0.25) is 0 Å². The van der Waals surface area contributed by atoms with E-state index in [1.807, 2.05) is 0 Å². The van der Waals surface area contributed by atoms with Crippen LogP contribution in [0.15, 0.2) is 0 Å². The van der Waals surface area contributed by atoms with Crippen LogP contribution < -0.4 is 5.73 Å². The van der Waals surface area contributed by atoms with Crippen molar-refractivity contribution in [2.75, 3.05) is 19.6 Å². The van der Waals surface area contributed by atoms with E-state index >= 15 is 0 Å². The smallest absolute Gasteiger partial charge is 0.00914 e. The lowest BCUT2D eigenvalue weighted by Gasteiger charge is -2.37. The van der Waals surface area contributed by atoms with Crippen LogP contribution in [-0.2, 0) is 0 Å². The summed E-state index contributed by atoms with van der Waals surface area (Å²) in [5.74, 6) is 1.56. The van der Waals surface area contributed by atoms with E-state index < -0.39 is 0 Å². The fraction of sp³-hybridized carbons (Fsp3) is 1.00. The molecule has 1 aliphatic rings. The first-order chi connectivity index (χ1) is 6.67. The SMILES string of the molecule is CCC(C)CN1CCC(N)C(CC)C1. The minimum Gasteiger partial charge on any atom is -0.327 e. The first-order valence-electron chi connectivity index (χ1n) is 6.15. The van der Waals surface area contributed by atoms with Gasteiger partial charge in [0.1, 0.15) is 0 Å². The molecule has 0 aliphatic carbocycles. The highest BCUT2D eigenvalue weighted by Crippen LogP contribution is 2.19. The highest BCUT2D eigenvalue weighted by molar-refractivity contribution is 4.82. The van der Waals surface area contributed by atoms with E-state index in [-0.39, 0.29) is 0 Å². The van der Waals surface area contributed by atoms with E-state index in [0.717, 1.165) is 11.8 Å². The van der Waals surface area contributed by atoms with Gasteiger partial charge in [0.2, 0.25) is 0 Å². The third-order valence-corrected chi connectivity index (χ3v) is 3.67. The lowest BCUT2D eigenvalue weighted by atomic mass is 9.90. The third kappa shape index (κ3) is 3.25. The fourth-order valence-corrected chi connectivity index (χ4v) is 2.29. The van der Waals surface area contributed by atoms with Crippen molar-refractivity contribution in [2.45, 2.75) is 46.1 Å². The van der Waals surface area contributed by atoms with Crippen LogP contribution in [0.25, 0.3) is 0 Å². The topological polar surface area (TPSA) is 29.3 Å². The standard InChI is InChI=1S/C12H26N2/c1-4-10(3)8-14-7-6-12(13)11(5-2)9-14/h10-12H,4-9,13H2,1-3H3. The molecule has 3 unspecified atom stereocenters. The van der Waals surface area contributed by atoms with Crippen molar-refractivity contribution in [3.63, 3.8) is 0 Å². The van der Waals surface area contributed by atoms with Gasteiger partial charge in [-0.2, -0.15) is 0 Å². The van der Waals surface area contributed by atoms with Crippen molar-refractivity contribution in [2.24, 2.45) is 17.6 Å². The molecule has 0 aromatic carbocycles. The normalized spacial score (nSPS) is 31.7. The lowest BCUT2D eigenvalue weighted by molar-refractivity contribution is 0.134. The zero-order chi connectivity index (χ0) is 10.6. The van der Waals surface area contributed by atoms with Gasteiger partial charge in [0.25, 0.3) is 0 Å². The largest absolute Gasteiger partial charge is 0.327 e. The van der Waals surface area contributed by atoms with Crippen molar-refractivity contribution in [1.82, 2.24) is 4.90 Å². The van der Waals surface area contributed by atoms with Gasteiger partial charge in [-0.1, -0.05) is 33.6 Å². The molecule has 0 radical (unpaired) electrons. The molecular formula is C12H26N2. The number of nitrogens with zero attached hydrogens (tertiary/aromatic N) is 1. The number of hydrogen-bond acceptors (Lipinski definition) is 2. The molecule has 1 heterocycles. The van der Waals surface area contributed by atoms with Crippen molar-refractivity contribution >= 4 is 0 Å². The first-order valence-corrected chi connectivity index (χ1v) is 6.15. The average Bonchev–Trinajstić information content (AvgIpc) is 2.20. The Balaban J connectivity index is 2.34. The van der Waals surface area contributed by atoms with Gasteiger partial charge in [0, 0.05) is 19.1 Å². The summed E-state index contributed by atoms with van der Waals surface area (Å²) in [4.78, 5) is 2.60. The molecule has 1 aliphatic heterocycles. The summed E-state index contributed by atoms with van der Waals surface area (Å²) in [7, 11) is 0. The van der Waals surface area contributed by atoms with E-state index in [4.69, 9.17) is 5.73 Å². The molecule has 84 valence electrons. The number of hydrogen-bond donors (Lipinski definition) is 1. The van der Waals surface area contributed by atoms with Crippen LogP contribution in [-0.4, -0.2) is 30.6 Å².